The van der Waals surface area contributed by atoms with Crippen molar-refractivity contribution in [3.05, 3.63) is 28.5 Å². The summed E-state index contributed by atoms with van der Waals surface area (Å²) in [7, 11) is 0. The zero-order chi connectivity index (χ0) is 15.7. The molecule has 22 heavy (non-hydrogen) atoms. The number of rotatable bonds is 5. The first-order valence-corrected chi connectivity index (χ1v) is 8.93. The van der Waals surface area contributed by atoms with Gasteiger partial charge in [-0.1, -0.05) is 25.6 Å². The summed E-state index contributed by atoms with van der Waals surface area (Å²) < 4.78 is 8.75. The lowest BCUT2D eigenvalue weighted by atomic mass is 10.2. The Labute approximate surface area is 141 Å². The molecule has 5 nitrogen and oxygen atoms in total. The Kier molecular flexibility index (Phi) is 4.54. The van der Waals surface area contributed by atoms with E-state index in [-0.39, 0.29) is 0 Å². The molecule has 3 heterocycles. The predicted molar refractivity (Wildman–Crippen MR) is 91.1 cm³/mol. The minimum atomic E-state index is 0.509. The van der Waals surface area contributed by atoms with Crippen molar-refractivity contribution in [3.8, 4) is 11.6 Å². The van der Waals surface area contributed by atoms with E-state index in [1.54, 1.807) is 11.8 Å². The first-order valence-electron chi connectivity index (χ1n) is 7.15. The highest BCUT2D eigenvalue weighted by Crippen LogP contribution is 2.28. The molecule has 0 bridgehead atoms. The van der Waals surface area contributed by atoms with Crippen molar-refractivity contribution in [2.24, 2.45) is 5.92 Å². The fourth-order valence-electron chi connectivity index (χ4n) is 2.14. The van der Waals surface area contributed by atoms with E-state index in [0.717, 1.165) is 33.7 Å². The maximum atomic E-state index is 5.80. The Morgan fingerprint density at radius 3 is 2.91 bits per heavy atom. The molecule has 0 aliphatic heterocycles. The lowest BCUT2D eigenvalue weighted by Gasteiger charge is -2.00. The first-order chi connectivity index (χ1) is 10.5. The van der Waals surface area contributed by atoms with E-state index in [1.165, 1.54) is 0 Å². The Hall–Kier alpha value is -1.34. The lowest BCUT2D eigenvalue weighted by molar-refractivity contribution is 0.463. The molecule has 0 aliphatic carbocycles. The van der Waals surface area contributed by atoms with E-state index >= 15 is 0 Å². The van der Waals surface area contributed by atoms with Crippen LogP contribution in [-0.2, 0) is 0 Å². The van der Waals surface area contributed by atoms with Crippen LogP contribution in [0.15, 0.2) is 32.4 Å². The number of aromatic nitrogens is 4. The van der Waals surface area contributed by atoms with E-state index in [1.807, 2.05) is 29.7 Å². The number of aryl methyl sites for hydroxylation is 1. The highest BCUT2D eigenvalue weighted by molar-refractivity contribution is 9.10. The molecule has 0 fully saturated rings. The zero-order valence-corrected chi connectivity index (χ0v) is 15.1. The van der Waals surface area contributed by atoms with Gasteiger partial charge in [0.15, 0.2) is 0 Å². The maximum absolute atomic E-state index is 5.80. The molecule has 0 aromatic carbocycles. The molecule has 0 aliphatic rings. The summed E-state index contributed by atoms with van der Waals surface area (Å²) in [6.45, 7) is 6.37. The quantitative estimate of drug-likeness (QED) is 0.605. The Balaban J connectivity index is 1.90. The predicted octanol–water partition coefficient (Wildman–Crippen LogP) is 4.59. The van der Waals surface area contributed by atoms with Gasteiger partial charge < -0.3 is 4.42 Å². The number of imidazole rings is 1. The number of hydrogen-bond donors (Lipinski definition) is 0. The molecule has 0 saturated heterocycles. The van der Waals surface area contributed by atoms with Gasteiger partial charge in [-0.25, -0.2) is 4.98 Å². The fraction of sp³-hybridized carbons (Fsp3) is 0.400. The van der Waals surface area contributed by atoms with Crippen molar-refractivity contribution in [1.29, 1.82) is 0 Å². The number of nitrogens with zero attached hydrogens (tertiary/aromatic N) is 4. The van der Waals surface area contributed by atoms with Crippen molar-refractivity contribution < 1.29 is 4.42 Å². The van der Waals surface area contributed by atoms with Gasteiger partial charge in [0.2, 0.25) is 0 Å². The van der Waals surface area contributed by atoms with E-state index in [4.69, 9.17) is 4.42 Å². The fourth-order valence-corrected chi connectivity index (χ4v) is 3.48. The van der Waals surface area contributed by atoms with Gasteiger partial charge >= 0.3 is 0 Å². The standard InChI is InChI=1S/C15H17BrN4OS/c1-9(2)6-7-22-15-19-18-14(21-15)13-10(3)17-12-5-4-11(16)8-20(12)13/h4-5,8-9H,6-7H2,1-3H3. The van der Waals surface area contributed by atoms with Crippen molar-refractivity contribution >= 4 is 33.3 Å². The smallest absolute Gasteiger partial charge is 0.276 e. The lowest BCUT2D eigenvalue weighted by Crippen LogP contribution is -1.89. The topological polar surface area (TPSA) is 56.2 Å². The van der Waals surface area contributed by atoms with Crippen LogP contribution in [0.4, 0.5) is 0 Å². The summed E-state index contributed by atoms with van der Waals surface area (Å²) in [4.78, 5) is 4.53. The average Bonchev–Trinajstić information content (AvgIpc) is 3.01. The molecule has 116 valence electrons. The van der Waals surface area contributed by atoms with Crippen LogP contribution in [0.25, 0.3) is 17.2 Å². The van der Waals surface area contributed by atoms with Crippen LogP contribution in [-0.4, -0.2) is 25.3 Å². The number of hydrogen-bond acceptors (Lipinski definition) is 5. The van der Waals surface area contributed by atoms with Crippen LogP contribution in [0.3, 0.4) is 0 Å². The number of fused-ring (bicyclic) bond motifs is 1. The SMILES string of the molecule is Cc1nc2ccc(Br)cn2c1-c1nnc(SCCC(C)C)o1. The third-order valence-corrected chi connectivity index (χ3v) is 4.61. The van der Waals surface area contributed by atoms with Crippen molar-refractivity contribution in [2.45, 2.75) is 32.4 Å². The van der Waals surface area contributed by atoms with E-state index < -0.39 is 0 Å². The molecular formula is C15H17BrN4OS. The highest BCUT2D eigenvalue weighted by Gasteiger charge is 2.17. The van der Waals surface area contributed by atoms with Crippen molar-refractivity contribution in [1.82, 2.24) is 19.6 Å². The van der Waals surface area contributed by atoms with E-state index in [9.17, 15) is 0 Å². The maximum Gasteiger partial charge on any atom is 0.276 e. The minimum Gasteiger partial charge on any atom is -0.410 e. The van der Waals surface area contributed by atoms with Gasteiger partial charge in [0, 0.05) is 16.4 Å². The van der Waals surface area contributed by atoms with E-state index in [2.05, 4.69) is 45.0 Å². The molecule has 0 spiro atoms. The Morgan fingerprint density at radius 1 is 1.32 bits per heavy atom. The van der Waals surface area contributed by atoms with Gasteiger partial charge in [0.25, 0.3) is 11.1 Å². The molecule has 0 unspecified atom stereocenters. The molecular weight excluding hydrogens is 364 g/mol. The number of pyridine rings is 1. The van der Waals surface area contributed by atoms with Gasteiger partial charge in [-0.3, -0.25) is 4.40 Å². The molecule has 0 saturated carbocycles. The summed E-state index contributed by atoms with van der Waals surface area (Å²) in [6, 6.07) is 3.92. The van der Waals surface area contributed by atoms with Gasteiger partial charge in [-0.2, -0.15) is 0 Å². The molecule has 3 aromatic rings. The van der Waals surface area contributed by atoms with Crippen LogP contribution in [0, 0.1) is 12.8 Å². The molecule has 0 N–H and O–H groups in total. The molecule has 7 heteroatoms. The summed E-state index contributed by atoms with van der Waals surface area (Å²) in [5, 5.41) is 8.93. The highest BCUT2D eigenvalue weighted by atomic mass is 79.9. The molecule has 0 amide bonds. The third-order valence-electron chi connectivity index (χ3n) is 3.29. The van der Waals surface area contributed by atoms with Gasteiger partial charge in [0.1, 0.15) is 11.3 Å². The van der Waals surface area contributed by atoms with Crippen LogP contribution in [0.1, 0.15) is 26.0 Å². The largest absolute Gasteiger partial charge is 0.410 e. The van der Waals surface area contributed by atoms with Gasteiger partial charge in [-0.15, -0.1) is 10.2 Å². The second kappa shape index (κ2) is 6.42. The van der Waals surface area contributed by atoms with Gasteiger partial charge in [0.05, 0.1) is 5.69 Å². The number of thioether (sulfide) groups is 1. The van der Waals surface area contributed by atoms with Crippen LogP contribution < -0.4 is 0 Å². The zero-order valence-electron chi connectivity index (χ0n) is 12.7. The van der Waals surface area contributed by atoms with Crippen LogP contribution in [0.2, 0.25) is 0 Å². The Bertz CT molecular complexity index is 796. The second-order valence-electron chi connectivity index (χ2n) is 5.53. The third kappa shape index (κ3) is 3.20. The Morgan fingerprint density at radius 2 is 2.14 bits per heavy atom. The monoisotopic (exact) mass is 380 g/mol. The summed E-state index contributed by atoms with van der Waals surface area (Å²) in [5.41, 5.74) is 2.59. The molecule has 0 atom stereocenters. The summed E-state index contributed by atoms with van der Waals surface area (Å²) in [5.74, 6) is 2.17. The van der Waals surface area contributed by atoms with Gasteiger partial charge in [-0.05, 0) is 47.3 Å². The summed E-state index contributed by atoms with van der Waals surface area (Å²) >= 11 is 5.08. The molecule has 3 aromatic heterocycles. The molecule has 0 radical (unpaired) electrons. The normalized spacial score (nSPS) is 11.7. The summed E-state index contributed by atoms with van der Waals surface area (Å²) in [6.07, 6.45) is 3.09. The first kappa shape index (κ1) is 15.6. The molecule has 3 rings (SSSR count). The van der Waals surface area contributed by atoms with Crippen LogP contribution >= 0.6 is 27.7 Å². The minimum absolute atomic E-state index is 0.509. The average molecular weight is 381 g/mol. The number of halogens is 1. The second-order valence-corrected chi connectivity index (χ2v) is 7.49. The van der Waals surface area contributed by atoms with E-state index in [0.29, 0.717) is 17.0 Å². The van der Waals surface area contributed by atoms with Crippen molar-refractivity contribution in [2.75, 3.05) is 5.75 Å². The van der Waals surface area contributed by atoms with Crippen molar-refractivity contribution in [3.63, 3.8) is 0 Å². The van der Waals surface area contributed by atoms with Crippen LogP contribution in [0.5, 0.6) is 0 Å².